The number of amides is 1. The molecule has 2 atom stereocenters. The lowest BCUT2D eigenvalue weighted by atomic mass is 9.97. The highest BCUT2D eigenvalue weighted by molar-refractivity contribution is 5.89. The summed E-state index contributed by atoms with van der Waals surface area (Å²) in [5, 5.41) is 5.26. The Bertz CT molecular complexity index is 943. The van der Waals surface area contributed by atoms with E-state index in [0.29, 0.717) is 0 Å². The van der Waals surface area contributed by atoms with Crippen LogP contribution in [0.2, 0.25) is 0 Å². The smallest absolute Gasteiger partial charge is 0.261 e. The number of carbonyl (C=O) groups excluding carboxylic acids is 1. The van der Waals surface area contributed by atoms with Crippen LogP contribution in [0.5, 0.6) is 5.75 Å². The van der Waals surface area contributed by atoms with Gasteiger partial charge in [0.05, 0.1) is 6.04 Å². The molecular formula is C24H27NO2. The van der Waals surface area contributed by atoms with E-state index >= 15 is 0 Å². The van der Waals surface area contributed by atoms with Crippen LogP contribution in [-0.4, -0.2) is 12.0 Å². The molecule has 0 fully saturated rings. The molecule has 0 spiro atoms. The normalized spacial score (nSPS) is 13.2. The second-order valence-electron chi connectivity index (χ2n) is 7.07. The van der Waals surface area contributed by atoms with Crippen molar-refractivity contribution in [3.63, 3.8) is 0 Å². The van der Waals surface area contributed by atoms with Crippen LogP contribution < -0.4 is 10.1 Å². The number of benzene rings is 3. The van der Waals surface area contributed by atoms with Crippen LogP contribution in [0, 0.1) is 13.8 Å². The molecule has 3 nitrogen and oxygen atoms in total. The summed E-state index contributed by atoms with van der Waals surface area (Å²) in [5.41, 5.74) is 3.59. The van der Waals surface area contributed by atoms with Gasteiger partial charge in [-0.1, -0.05) is 67.1 Å². The van der Waals surface area contributed by atoms with Gasteiger partial charge in [-0.3, -0.25) is 4.79 Å². The molecule has 0 aliphatic rings. The van der Waals surface area contributed by atoms with E-state index in [1.54, 1.807) is 6.92 Å². The molecule has 0 radical (unpaired) electrons. The maximum atomic E-state index is 12.8. The highest BCUT2D eigenvalue weighted by Crippen LogP contribution is 2.26. The van der Waals surface area contributed by atoms with Gasteiger partial charge in [-0.25, -0.2) is 0 Å². The number of rotatable bonds is 6. The summed E-state index contributed by atoms with van der Waals surface area (Å²) >= 11 is 0. The van der Waals surface area contributed by atoms with Gasteiger partial charge < -0.3 is 10.1 Å². The van der Waals surface area contributed by atoms with Crippen molar-refractivity contribution in [1.82, 2.24) is 5.32 Å². The lowest BCUT2D eigenvalue weighted by Crippen LogP contribution is -2.38. The van der Waals surface area contributed by atoms with E-state index in [0.717, 1.165) is 28.5 Å². The van der Waals surface area contributed by atoms with Crippen molar-refractivity contribution in [3.8, 4) is 5.75 Å². The summed E-state index contributed by atoms with van der Waals surface area (Å²) in [4.78, 5) is 12.8. The Kier molecular flexibility index (Phi) is 5.80. The van der Waals surface area contributed by atoms with Crippen molar-refractivity contribution < 1.29 is 9.53 Å². The Balaban J connectivity index is 1.74. The van der Waals surface area contributed by atoms with Gasteiger partial charge in [-0.15, -0.1) is 0 Å². The Labute approximate surface area is 161 Å². The zero-order valence-electron chi connectivity index (χ0n) is 16.5. The molecular weight excluding hydrogens is 334 g/mol. The number of hydrogen-bond acceptors (Lipinski definition) is 2. The molecule has 0 saturated heterocycles. The number of aryl methyl sites for hydroxylation is 2. The molecule has 1 N–H and O–H groups in total. The topological polar surface area (TPSA) is 38.3 Å². The van der Waals surface area contributed by atoms with Gasteiger partial charge in [0, 0.05) is 5.39 Å². The van der Waals surface area contributed by atoms with Crippen LogP contribution in [0.1, 0.15) is 43.0 Å². The Morgan fingerprint density at radius 1 is 1.04 bits per heavy atom. The van der Waals surface area contributed by atoms with Gasteiger partial charge in [-0.05, 0) is 49.8 Å². The standard InChI is InChI=1S/C24H27NO2/c1-5-22(20-14-13-16(2)15-17(20)3)25-24(26)18(4)27-23-12-8-10-19-9-6-7-11-21(19)23/h6-15,18,22H,5H2,1-4H3,(H,25,26)/t18-,22+/m0/s1. The molecule has 1 amide bonds. The van der Waals surface area contributed by atoms with Crippen LogP contribution in [0.25, 0.3) is 10.8 Å². The molecule has 3 rings (SSSR count). The van der Waals surface area contributed by atoms with Gasteiger partial charge in [0.15, 0.2) is 6.10 Å². The van der Waals surface area contributed by atoms with Crippen molar-refractivity contribution in [3.05, 3.63) is 77.4 Å². The average Bonchev–Trinajstić information content (AvgIpc) is 2.66. The zero-order chi connectivity index (χ0) is 19.4. The molecule has 27 heavy (non-hydrogen) atoms. The fourth-order valence-corrected chi connectivity index (χ4v) is 3.45. The number of fused-ring (bicyclic) bond motifs is 1. The second kappa shape index (κ2) is 8.26. The van der Waals surface area contributed by atoms with E-state index in [4.69, 9.17) is 4.74 Å². The summed E-state index contributed by atoms with van der Waals surface area (Å²) in [6, 6.07) is 20.3. The Morgan fingerprint density at radius 3 is 2.52 bits per heavy atom. The average molecular weight is 361 g/mol. The molecule has 0 aromatic heterocycles. The van der Waals surface area contributed by atoms with E-state index in [1.807, 2.05) is 42.5 Å². The minimum Gasteiger partial charge on any atom is -0.480 e. The van der Waals surface area contributed by atoms with Crippen molar-refractivity contribution in [2.45, 2.75) is 46.3 Å². The fourth-order valence-electron chi connectivity index (χ4n) is 3.45. The van der Waals surface area contributed by atoms with E-state index in [2.05, 4.69) is 44.3 Å². The predicted molar refractivity (Wildman–Crippen MR) is 111 cm³/mol. The summed E-state index contributed by atoms with van der Waals surface area (Å²) in [6.07, 6.45) is 0.256. The SMILES string of the molecule is CC[C@@H](NC(=O)[C@H](C)Oc1cccc2ccccc12)c1ccc(C)cc1C. The largest absolute Gasteiger partial charge is 0.480 e. The molecule has 0 heterocycles. The third-order valence-corrected chi connectivity index (χ3v) is 4.95. The van der Waals surface area contributed by atoms with Crippen molar-refractivity contribution in [2.75, 3.05) is 0 Å². The first-order valence-corrected chi connectivity index (χ1v) is 9.51. The maximum absolute atomic E-state index is 12.8. The Morgan fingerprint density at radius 2 is 1.78 bits per heavy atom. The molecule has 3 heteroatoms. The lowest BCUT2D eigenvalue weighted by Gasteiger charge is -2.23. The van der Waals surface area contributed by atoms with Crippen LogP contribution in [-0.2, 0) is 4.79 Å². The number of carbonyl (C=O) groups is 1. The molecule has 3 aromatic carbocycles. The maximum Gasteiger partial charge on any atom is 0.261 e. The third-order valence-electron chi connectivity index (χ3n) is 4.95. The van der Waals surface area contributed by atoms with Crippen LogP contribution in [0.3, 0.4) is 0 Å². The van der Waals surface area contributed by atoms with Gasteiger partial charge >= 0.3 is 0 Å². The molecule has 0 aliphatic heterocycles. The highest BCUT2D eigenvalue weighted by Gasteiger charge is 2.21. The summed E-state index contributed by atoms with van der Waals surface area (Å²) in [6.45, 7) is 8.05. The summed E-state index contributed by atoms with van der Waals surface area (Å²) in [7, 11) is 0. The molecule has 0 bridgehead atoms. The van der Waals surface area contributed by atoms with Crippen LogP contribution >= 0.6 is 0 Å². The molecule has 0 unspecified atom stereocenters. The number of ether oxygens (including phenoxy) is 1. The Hall–Kier alpha value is -2.81. The number of nitrogens with one attached hydrogen (secondary N) is 1. The van der Waals surface area contributed by atoms with Crippen LogP contribution in [0.4, 0.5) is 0 Å². The molecule has 140 valence electrons. The van der Waals surface area contributed by atoms with Crippen molar-refractivity contribution in [2.24, 2.45) is 0 Å². The first-order valence-electron chi connectivity index (χ1n) is 9.51. The van der Waals surface area contributed by atoms with E-state index in [-0.39, 0.29) is 11.9 Å². The highest BCUT2D eigenvalue weighted by atomic mass is 16.5. The predicted octanol–water partition coefficient (Wildman–Crippen LogP) is 5.49. The third kappa shape index (κ3) is 4.30. The van der Waals surface area contributed by atoms with Gasteiger partial charge in [0.1, 0.15) is 5.75 Å². The summed E-state index contributed by atoms with van der Waals surface area (Å²) in [5.74, 6) is 0.630. The van der Waals surface area contributed by atoms with E-state index < -0.39 is 6.10 Å². The lowest BCUT2D eigenvalue weighted by molar-refractivity contribution is -0.128. The van der Waals surface area contributed by atoms with Crippen LogP contribution in [0.15, 0.2) is 60.7 Å². The monoisotopic (exact) mass is 361 g/mol. The first-order chi connectivity index (χ1) is 13.0. The molecule has 0 aliphatic carbocycles. The van der Waals surface area contributed by atoms with Gasteiger partial charge in [0.25, 0.3) is 5.91 Å². The minimum atomic E-state index is -0.574. The summed E-state index contributed by atoms with van der Waals surface area (Å²) < 4.78 is 6.01. The number of hydrogen-bond donors (Lipinski definition) is 1. The zero-order valence-corrected chi connectivity index (χ0v) is 16.5. The van der Waals surface area contributed by atoms with Crippen molar-refractivity contribution in [1.29, 1.82) is 0 Å². The van der Waals surface area contributed by atoms with Gasteiger partial charge in [-0.2, -0.15) is 0 Å². The second-order valence-corrected chi connectivity index (χ2v) is 7.07. The minimum absolute atomic E-state index is 0.0170. The first kappa shape index (κ1) is 19.0. The molecule has 3 aromatic rings. The molecule has 0 saturated carbocycles. The quantitative estimate of drug-likeness (QED) is 0.630. The fraction of sp³-hybridized carbons (Fsp3) is 0.292. The van der Waals surface area contributed by atoms with Gasteiger partial charge in [0.2, 0.25) is 0 Å². The van der Waals surface area contributed by atoms with Crippen molar-refractivity contribution >= 4 is 16.7 Å². The van der Waals surface area contributed by atoms with E-state index in [1.165, 1.54) is 11.1 Å². The van der Waals surface area contributed by atoms with E-state index in [9.17, 15) is 4.79 Å².